The third-order valence-electron chi connectivity index (χ3n) is 4.76. The molecule has 1 unspecified atom stereocenters. The van der Waals surface area contributed by atoms with E-state index in [1.54, 1.807) is 23.9 Å². The number of aromatic nitrogens is 2. The fraction of sp³-hybridized carbons (Fsp3) is 0.769. The summed E-state index contributed by atoms with van der Waals surface area (Å²) < 4.78 is 0. The SMILES string of the molecule is CNC(=O)C1CCC2(CCN(c3nncs3)CC2)C1. The van der Waals surface area contributed by atoms with Gasteiger partial charge in [0.25, 0.3) is 0 Å². The highest BCUT2D eigenvalue weighted by atomic mass is 32.1. The zero-order valence-corrected chi connectivity index (χ0v) is 12.1. The Morgan fingerprint density at radius 1 is 1.47 bits per heavy atom. The van der Waals surface area contributed by atoms with E-state index in [2.05, 4.69) is 20.4 Å². The van der Waals surface area contributed by atoms with Crippen molar-refractivity contribution in [3.8, 4) is 0 Å². The van der Waals surface area contributed by atoms with Gasteiger partial charge in [0.15, 0.2) is 0 Å². The molecule has 1 saturated heterocycles. The molecule has 104 valence electrons. The summed E-state index contributed by atoms with van der Waals surface area (Å²) in [6, 6.07) is 0. The van der Waals surface area contributed by atoms with Gasteiger partial charge in [-0.05, 0) is 37.5 Å². The van der Waals surface area contributed by atoms with Gasteiger partial charge in [0.05, 0.1) is 0 Å². The normalized spacial score (nSPS) is 25.7. The minimum Gasteiger partial charge on any atom is -0.359 e. The third-order valence-corrected chi connectivity index (χ3v) is 5.51. The molecule has 1 aromatic rings. The molecule has 0 aromatic carbocycles. The molecule has 1 aliphatic heterocycles. The number of hydrogen-bond acceptors (Lipinski definition) is 5. The second-order valence-corrected chi connectivity index (χ2v) is 6.57. The van der Waals surface area contributed by atoms with Crippen LogP contribution in [0.15, 0.2) is 5.51 Å². The number of hydrogen-bond donors (Lipinski definition) is 1. The second-order valence-electron chi connectivity index (χ2n) is 5.76. The lowest BCUT2D eigenvalue weighted by Crippen LogP contribution is -2.39. The number of nitrogens with one attached hydrogen (secondary N) is 1. The molecule has 1 aromatic heterocycles. The van der Waals surface area contributed by atoms with Crippen LogP contribution in [0.25, 0.3) is 0 Å². The highest BCUT2D eigenvalue weighted by molar-refractivity contribution is 7.13. The Hall–Kier alpha value is -1.17. The van der Waals surface area contributed by atoms with Crippen LogP contribution in [-0.2, 0) is 4.79 Å². The first-order valence-electron chi connectivity index (χ1n) is 6.95. The summed E-state index contributed by atoms with van der Waals surface area (Å²) in [6.45, 7) is 2.10. The van der Waals surface area contributed by atoms with E-state index < -0.39 is 0 Å². The van der Waals surface area contributed by atoms with Crippen molar-refractivity contribution in [2.24, 2.45) is 11.3 Å². The molecular weight excluding hydrogens is 260 g/mol. The van der Waals surface area contributed by atoms with E-state index in [9.17, 15) is 4.79 Å². The fourth-order valence-corrected chi connectivity index (χ4v) is 4.18. The van der Waals surface area contributed by atoms with Crippen LogP contribution >= 0.6 is 11.3 Å². The van der Waals surface area contributed by atoms with Crippen molar-refractivity contribution in [2.45, 2.75) is 32.1 Å². The Balaban J connectivity index is 1.60. The predicted octanol–water partition coefficient (Wildman–Crippen LogP) is 1.67. The van der Waals surface area contributed by atoms with Gasteiger partial charge < -0.3 is 10.2 Å². The molecule has 2 heterocycles. The highest BCUT2D eigenvalue weighted by Gasteiger charge is 2.43. The van der Waals surface area contributed by atoms with Gasteiger partial charge in [0, 0.05) is 26.1 Å². The topological polar surface area (TPSA) is 58.1 Å². The van der Waals surface area contributed by atoms with Crippen molar-refractivity contribution >= 4 is 22.4 Å². The maximum Gasteiger partial charge on any atom is 0.222 e. The molecule has 1 atom stereocenters. The summed E-state index contributed by atoms with van der Waals surface area (Å²) in [6.07, 6.45) is 5.68. The molecule has 5 nitrogen and oxygen atoms in total. The van der Waals surface area contributed by atoms with Gasteiger partial charge in [-0.1, -0.05) is 11.3 Å². The largest absolute Gasteiger partial charge is 0.359 e. The van der Waals surface area contributed by atoms with Crippen molar-refractivity contribution in [1.82, 2.24) is 15.5 Å². The van der Waals surface area contributed by atoms with Crippen LogP contribution in [0.4, 0.5) is 5.13 Å². The van der Waals surface area contributed by atoms with Gasteiger partial charge in [-0.15, -0.1) is 10.2 Å². The van der Waals surface area contributed by atoms with E-state index >= 15 is 0 Å². The van der Waals surface area contributed by atoms with Gasteiger partial charge in [0.1, 0.15) is 5.51 Å². The van der Waals surface area contributed by atoms with E-state index in [1.165, 1.54) is 19.3 Å². The van der Waals surface area contributed by atoms with Crippen LogP contribution in [-0.4, -0.2) is 36.2 Å². The molecule has 1 N–H and O–H groups in total. The molecular formula is C13H20N4OS. The first-order chi connectivity index (χ1) is 9.22. The van der Waals surface area contributed by atoms with Crippen molar-refractivity contribution in [3.05, 3.63) is 5.51 Å². The summed E-state index contributed by atoms with van der Waals surface area (Å²) in [5.74, 6) is 0.460. The number of anilines is 1. The number of carbonyl (C=O) groups is 1. The van der Waals surface area contributed by atoms with Gasteiger partial charge >= 0.3 is 0 Å². The number of piperidine rings is 1. The summed E-state index contributed by atoms with van der Waals surface area (Å²) >= 11 is 1.61. The van der Waals surface area contributed by atoms with E-state index in [-0.39, 0.29) is 11.8 Å². The minimum absolute atomic E-state index is 0.225. The standard InChI is InChI=1S/C13H20N4OS/c1-14-11(18)10-2-3-13(8-10)4-6-17(7-5-13)12-16-15-9-19-12/h9-10H,2-8H2,1H3,(H,14,18). The summed E-state index contributed by atoms with van der Waals surface area (Å²) in [7, 11) is 1.74. The summed E-state index contributed by atoms with van der Waals surface area (Å²) in [5, 5.41) is 11.9. The Kier molecular flexibility index (Phi) is 3.43. The predicted molar refractivity (Wildman–Crippen MR) is 75.2 cm³/mol. The quantitative estimate of drug-likeness (QED) is 0.895. The molecule has 0 radical (unpaired) electrons. The van der Waals surface area contributed by atoms with Gasteiger partial charge in [-0.2, -0.15) is 0 Å². The maximum absolute atomic E-state index is 11.8. The second kappa shape index (κ2) is 5.07. The van der Waals surface area contributed by atoms with Crippen LogP contribution in [0.5, 0.6) is 0 Å². The van der Waals surface area contributed by atoms with Gasteiger partial charge in [-0.3, -0.25) is 4.79 Å². The van der Waals surface area contributed by atoms with E-state index in [0.29, 0.717) is 5.41 Å². The number of carbonyl (C=O) groups excluding carboxylic acids is 1. The Morgan fingerprint density at radius 3 is 2.89 bits per heavy atom. The molecule has 1 spiro atoms. The van der Waals surface area contributed by atoms with Crippen molar-refractivity contribution in [2.75, 3.05) is 25.0 Å². The average Bonchev–Trinajstić information content (AvgIpc) is 3.09. The van der Waals surface area contributed by atoms with Crippen molar-refractivity contribution in [3.63, 3.8) is 0 Å². The fourth-order valence-electron chi connectivity index (χ4n) is 3.57. The monoisotopic (exact) mass is 280 g/mol. The maximum atomic E-state index is 11.8. The zero-order valence-electron chi connectivity index (χ0n) is 11.3. The smallest absolute Gasteiger partial charge is 0.222 e. The Morgan fingerprint density at radius 2 is 2.26 bits per heavy atom. The highest BCUT2D eigenvalue weighted by Crippen LogP contribution is 2.49. The third kappa shape index (κ3) is 2.45. The summed E-state index contributed by atoms with van der Waals surface area (Å²) in [5.41, 5.74) is 2.19. The first kappa shape index (κ1) is 12.8. The van der Waals surface area contributed by atoms with Crippen LogP contribution in [0, 0.1) is 11.3 Å². The Labute approximate surface area is 117 Å². The van der Waals surface area contributed by atoms with Crippen LogP contribution in [0.3, 0.4) is 0 Å². The average molecular weight is 280 g/mol. The molecule has 2 aliphatic rings. The molecule has 2 fully saturated rings. The molecule has 3 rings (SSSR count). The van der Waals surface area contributed by atoms with Crippen LogP contribution in [0.1, 0.15) is 32.1 Å². The van der Waals surface area contributed by atoms with Crippen LogP contribution in [0.2, 0.25) is 0 Å². The molecule has 19 heavy (non-hydrogen) atoms. The molecule has 1 amide bonds. The van der Waals surface area contributed by atoms with Gasteiger partial charge in [-0.25, -0.2) is 0 Å². The number of rotatable bonds is 2. The molecule has 0 bridgehead atoms. The number of nitrogens with zero attached hydrogens (tertiary/aromatic N) is 3. The molecule has 6 heteroatoms. The zero-order chi connectivity index (χ0) is 13.3. The lowest BCUT2D eigenvalue weighted by Gasteiger charge is -2.39. The molecule has 1 aliphatic carbocycles. The lowest BCUT2D eigenvalue weighted by atomic mass is 9.76. The molecule has 1 saturated carbocycles. The van der Waals surface area contributed by atoms with E-state index in [0.717, 1.165) is 31.1 Å². The van der Waals surface area contributed by atoms with E-state index in [1.807, 2.05) is 0 Å². The van der Waals surface area contributed by atoms with Gasteiger partial charge in [0.2, 0.25) is 11.0 Å². The van der Waals surface area contributed by atoms with Crippen molar-refractivity contribution in [1.29, 1.82) is 0 Å². The van der Waals surface area contributed by atoms with E-state index in [4.69, 9.17) is 0 Å². The summed E-state index contributed by atoms with van der Waals surface area (Å²) in [4.78, 5) is 14.1. The minimum atomic E-state index is 0.225. The first-order valence-corrected chi connectivity index (χ1v) is 7.83. The lowest BCUT2D eigenvalue weighted by molar-refractivity contribution is -0.124. The number of amides is 1. The van der Waals surface area contributed by atoms with Crippen LogP contribution < -0.4 is 10.2 Å². The van der Waals surface area contributed by atoms with Crippen molar-refractivity contribution < 1.29 is 4.79 Å². The Bertz CT molecular complexity index is 440.